The summed E-state index contributed by atoms with van der Waals surface area (Å²) in [5.74, 6) is 0. The van der Waals surface area contributed by atoms with Crippen LogP contribution in [0.1, 0.15) is 20.8 Å². The number of carbonyl (C=O) groups is 10. The zero-order valence-corrected chi connectivity index (χ0v) is 20.3. The van der Waals surface area contributed by atoms with Gasteiger partial charge in [0.05, 0.1) is 0 Å². The van der Waals surface area contributed by atoms with Crippen molar-refractivity contribution in [2.75, 3.05) is 18.5 Å². The number of terminal acetylenes is 1. The molecule has 0 saturated carbocycles. The second-order valence-corrected chi connectivity index (χ2v) is 19.9. The van der Waals surface area contributed by atoms with Gasteiger partial charge in [0, 0.05) is 0 Å². The minimum absolute atomic E-state index is 0.163. The average molecular weight is 552 g/mol. The Hall–Kier alpha value is -2.30. The summed E-state index contributed by atoms with van der Waals surface area (Å²) in [7, 11) is -1.16. The maximum absolute atomic E-state index is 10.2. The third-order valence-electron chi connectivity index (χ3n) is 4.15. The van der Waals surface area contributed by atoms with Crippen molar-refractivity contribution in [2.24, 2.45) is 0 Å². The van der Waals surface area contributed by atoms with Crippen LogP contribution in [0, 0.1) is 12.1 Å². The molecule has 0 spiro atoms. The van der Waals surface area contributed by atoms with E-state index in [0.717, 1.165) is 0 Å². The van der Waals surface area contributed by atoms with E-state index in [2.05, 4.69) is 26.4 Å². The molecule has 0 rings (SSSR count). The van der Waals surface area contributed by atoms with E-state index in [1.54, 1.807) is 0 Å². The molecule has 0 bridgehead atoms. The van der Waals surface area contributed by atoms with Gasteiger partial charge in [0.2, 0.25) is 0 Å². The Labute approximate surface area is 181 Å². The van der Waals surface area contributed by atoms with Gasteiger partial charge < -0.3 is 0 Å². The van der Waals surface area contributed by atoms with Crippen molar-refractivity contribution < 1.29 is 71.1 Å². The van der Waals surface area contributed by atoms with Gasteiger partial charge in [-0.2, -0.15) is 0 Å². The van der Waals surface area contributed by atoms with Gasteiger partial charge in [-0.1, -0.05) is 0 Å². The van der Waals surface area contributed by atoms with Crippen LogP contribution >= 0.6 is 7.26 Å². The van der Waals surface area contributed by atoms with Crippen LogP contribution in [-0.2, 0) is 71.1 Å². The predicted molar refractivity (Wildman–Crippen MR) is 116 cm³/mol. The summed E-state index contributed by atoms with van der Waals surface area (Å²) in [4.78, 5) is 102. The van der Waals surface area contributed by atoms with E-state index in [0.29, 0.717) is 0 Å². The molecule has 182 valence electrons. The van der Waals surface area contributed by atoms with Crippen molar-refractivity contribution >= 4 is 59.5 Å². The maximum atomic E-state index is 10.2. The summed E-state index contributed by atoms with van der Waals surface area (Å²) in [5.41, 5.74) is 3.00. The van der Waals surface area contributed by atoms with E-state index >= 15 is 0 Å². The second kappa shape index (κ2) is 13.9. The van der Waals surface area contributed by atoms with Gasteiger partial charge >= 0.3 is 182 Å². The summed E-state index contributed by atoms with van der Waals surface area (Å²) < 4.78 is 0. The third kappa shape index (κ3) is 7.41. The number of carbonyl (C=O) groups excluding carboxylic acids is 10. The fraction of sp³-hybridized carbons (Fsp3) is 0.333. The van der Waals surface area contributed by atoms with Crippen LogP contribution in [0.25, 0.3) is 0 Å². The molecule has 31 heavy (non-hydrogen) atoms. The van der Waals surface area contributed by atoms with Crippen molar-refractivity contribution in [1.82, 2.24) is 0 Å². The third-order valence-corrected chi connectivity index (χ3v) is 14.5. The van der Waals surface area contributed by atoms with E-state index < -0.39 is 30.4 Å². The average Bonchev–Trinajstić information content (AvgIpc) is 2.87. The second-order valence-electron chi connectivity index (χ2n) is 5.49. The molecule has 10 nitrogen and oxygen atoms in total. The van der Waals surface area contributed by atoms with Crippen molar-refractivity contribution in [3.05, 3.63) is 0 Å². The van der Waals surface area contributed by atoms with Crippen molar-refractivity contribution in [3.8, 4) is 12.1 Å². The Kier molecular flexibility index (Phi) is 14.9. The molecule has 0 aliphatic rings. The number of hydrogen-bond acceptors (Lipinski definition) is 10. The van der Waals surface area contributed by atoms with Gasteiger partial charge in [-0.25, -0.2) is 0 Å². The number of rotatable bonds is 13. The van der Waals surface area contributed by atoms with Crippen LogP contribution in [0.3, 0.4) is 0 Å². The number of hydrogen-bond donors (Lipinski definition) is 0. The monoisotopic (exact) mass is 552 g/mol. The predicted octanol–water partition coefficient (Wildman–Crippen LogP) is -0.359. The molecule has 0 unspecified atom stereocenters. The van der Waals surface area contributed by atoms with Gasteiger partial charge in [-0.3, -0.25) is 0 Å². The van der Waals surface area contributed by atoms with Crippen LogP contribution in [-0.4, -0.2) is 70.7 Å². The molecule has 0 radical (unpaired) electrons. The van der Waals surface area contributed by atoms with Gasteiger partial charge in [-0.05, 0) is 0 Å². The minimum atomic E-state index is -4.57. The molecule has 0 aromatic rings. The Morgan fingerprint density at radius 2 is 0.677 bits per heavy atom. The molecule has 0 N–H and O–H groups in total. The fourth-order valence-electron chi connectivity index (χ4n) is 1.43. The molecule has 0 aromatic heterocycles. The van der Waals surface area contributed by atoms with Crippen molar-refractivity contribution in [3.63, 3.8) is 0 Å². The van der Waals surface area contributed by atoms with Crippen LogP contribution in [0.15, 0.2) is 0 Å². The van der Waals surface area contributed by atoms with Gasteiger partial charge in [0.15, 0.2) is 0 Å². The van der Waals surface area contributed by atoms with Crippen LogP contribution in [0.4, 0.5) is 0 Å². The molecule has 0 saturated heterocycles. The fourth-order valence-corrected chi connectivity index (χ4v) is 4.70. The summed E-state index contributed by atoms with van der Waals surface area (Å²) in [5, 5.41) is -1.63. The molecular formula is C18H27Co2O10P. The first-order chi connectivity index (χ1) is 14.5. The summed E-state index contributed by atoms with van der Waals surface area (Å²) in [6, 6.07) is 0. The molecule has 0 amide bonds. The summed E-state index contributed by atoms with van der Waals surface area (Å²) in [6.45, 7) is 6.66. The standard InChI is InChI=1S/C8H17P.10CHO.2Co/c1-5-9(6-2,7-3)8-4;10*1-2;;/h1,9H,6-8H2,2-4H3;10*1H;;. The van der Waals surface area contributed by atoms with E-state index in [1.807, 2.05) is 0 Å². The van der Waals surface area contributed by atoms with Gasteiger partial charge in [0.25, 0.3) is 0 Å². The quantitative estimate of drug-likeness (QED) is 0.167. The SMILES string of the molecule is C#C[PH](CC)(CC)CC.O=[CH][Co]([CH]=O)([CH]=O)([CH]=O)[CH]=O.O=[CH][Co]([CH]=O)([CH]=O)([CH]=O)[CH]=O. The molecule has 0 atom stereocenters. The van der Waals surface area contributed by atoms with E-state index in [1.165, 1.54) is 18.5 Å². The molecule has 13 heteroatoms. The molecular weight excluding hydrogens is 525 g/mol. The van der Waals surface area contributed by atoms with Gasteiger partial charge in [0.1, 0.15) is 0 Å². The normalized spacial score (nSPS) is 13.4. The molecule has 0 heterocycles. The summed E-state index contributed by atoms with van der Waals surface area (Å²) >= 11 is -9.13. The van der Waals surface area contributed by atoms with E-state index in [-0.39, 0.29) is 52.2 Å². The Bertz CT molecular complexity index is 596. The van der Waals surface area contributed by atoms with Gasteiger partial charge in [-0.15, -0.1) is 0 Å². The Balaban J connectivity index is -0.000000382. The van der Waals surface area contributed by atoms with Crippen LogP contribution in [0.2, 0.25) is 0 Å². The molecule has 0 aromatic carbocycles. The Morgan fingerprint density at radius 1 is 0.516 bits per heavy atom. The first kappa shape index (κ1) is 33.3. The zero-order valence-electron chi connectivity index (χ0n) is 17.2. The first-order valence-electron chi connectivity index (χ1n) is 8.00. The van der Waals surface area contributed by atoms with Crippen molar-refractivity contribution in [1.29, 1.82) is 0 Å². The van der Waals surface area contributed by atoms with E-state index in [4.69, 9.17) is 6.42 Å². The zero-order chi connectivity index (χ0) is 25.3. The van der Waals surface area contributed by atoms with Crippen molar-refractivity contribution in [2.45, 2.75) is 20.8 Å². The Morgan fingerprint density at radius 3 is 0.677 bits per heavy atom. The van der Waals surface area contributed by atoms with Crippen LogP contribution in [0.5, 0.6) is 0 Å². The van der Waals surface area contributed by atoms with Crippen LogP contribution < -0.4 is 0 Å². The first-order valence-corrected chi connectivity index (χ1v) is 16.6. The molecule has 0 aliphatic carbocycles. The topological polar surface area (TPSA) is 171 Å². The van der Waals surface area contributed by atoms with E-state index in [9.17, 15) is 47.9 Å². The molecule has 0 fully saturated rings. The summed E-state index contributed by atoms with van der Waals surface area (Å²) in [6.07, 6.45) is 9.19. The molecule has 0 aliphatic heterocycles.